The highest BCUT2D eigenvalue weighted by Crippen LogP contribution is 2.29. The molecule has 18 heavy (non-hydrogen) atoms. The average Bonchev–Trinajstić information content (AvgIpc) is 2.40. The van der Waals surface area contributed by atoms with Gasteiger partial charge in [-0.1, -0.05) is 13.3 Å². The van der Waals surface area contributed by atoms with Gasteiger partial charge in [0.05, 0.1) is 5.69 Å². The minimum atomic E-state index is -0.890. The lowest BCUT2D eigenvalue weighted by Crippen LogP contribution is -2.40. The van der Waals surface area contributed by atoms with Gasteiger partial charge in [-0.2, -0.15) is 0 Å². The number of aromatic carboxylic acids is 1. The van der Waals surface area contributed by atoms with E-state index < -0.39 is 5.97 Å². The highest BCUT2D eigenvalue weighted by atomic mass is 16.4. The van der Waals surface area contributed by atoms with Crippen molar-refractivity contribution in [3.05, 3.63) is 24.0 Å². The Morgan fingerprint density at radius 3 is 3.11 bits per heavy atom. The molecular weight excluding hydrogens is 228 g/mol. The van der Waals surface area contributed by atoms with Gasteiger partial charge in [0.25, 0.3) is 0 Å². The van der Waals surface area contributed by atoms with E-state index in [1.807, 2.05) is 6.07 Å². The first-order valence-electron chi connectivity index (χ1n) is 6.68. The molecule has 0 amide bonds. The monoisotopic (exact) mass is 248 g/mol. The van der Waals surface area contributed by atoms with Gasteiger partial charge in [-0.15, -0.1) is 0 Å². The Labute approximate surface area is 108 Å². The zero-order chi connectivity index (χ0) is 13.0. The minimum absolute atomic E-state index is 0.320. The van der Waals surface area contributed by atoms with E-state index in [9.17, 15) is 9.90 Å². The van der Waals surface area contributed by atoms with Gasteiger partial charge < -0.3 is 10.0 Å². The predicted molar refractivity (Wildman–Crippen MR) is 71.1 cm³/mol. The maximum atomic E-state index is 11.3. The van der Waals surface area contributed by atoms with Crippen LogP contribution in [0.5, 0.6) is 0 Å². The summed E-state index contributed by atoms with van der Waals surface area (Å²) in [6.45, 7) is 3.13. The third kappa shape index (κ3) is 2.63. The van der Waals surface area contributed by atoms with Crippen LogP contribution in [0.3, 0.4) is 0 Å². The van der Waals surface area contributed by atoms with Crippen molar-refractivity contribution in [1.29, 1.82) is 0 Å². The van der Waals surface area contributed by atoms with Crippen LogP contribution in [0.15, 0.2) is 18.5 Å². The van der Waals surface area contributed by atoms with E-state index in [4.69, 9.17) is 0 Å². The lowest BCUT2D eigenvalue weighted by atomic mass is 9.97. The van der Waals surface area contributed by atoms with E-state index in [2.05, 4.69) is 16.8 Å². The Bertz CT molecular complexity index is 418. The maximum absolute atomic E-state index is 11.3. The highest BCUT2D eigenvalue weighted by Gasteiger charge is 2.25. The van der Waals surface area contributed by atoms with E-state index >= 15 is 0 Å². The number of pyridine rings is 1. The molecule has 0 aliphatic carbocycles. The molecule has 1 atom stereocenters. The van der Waals surface area contributed by atoms with Crippen LogP contribution in [0.1, 0.15) is 49.4 Å². The van der Waals surface area contributed by atoms with Crippen LogP contribution in [-0.4, -0.2) is 28.6 Å². The molecule has 1 aliphatic heterocycles. The van der Waals surface area contributed by atoms with Crippen LogP contribution in [0.2, 0.25) is 0 Å². The molecule has 1 aromatic heterocycles. The largest absolute Gasteiger partial charge is 0.478 e. The summed E-state index contributed by atoms with van der Waals surface area (Å²) in [4.78, 5) is 17.4. The average molecular weight is 248 g/mol. The van der Waals surface area contributed by atoms with E-state index in [-0.39, 0.29) is 0 Å². The van der Waals surface area contributed by atoms with E-state index in [1.54, 1.807) is 6.20 Å². The molecule has 4 nitrogen and oxygen atoms in total. The Balaban J connectivity index is 2.30. The molecule has 4 heteroatoms. The summed E-state index contributed by atoms with van der Waals surface area (Å²) in [7, 11) is 0. The summed E-state index contributed by atoms with van der Waals surface area (Å²) in [6, 6.07) is 2.31. The second kappa shape index (κ2) is 5.85. The summed E-state index contributed by atoms with van der Waals surface area (Å²) in [5.41, 5.74) is 1.15. The SMILES string of the molecule is CCCC1CCCCN1c1ccncc1C(=O)O. The Morgan fingerprint density at radius 2 is 2.39 bits per heavy atom. The molecule has 1 saturated heterocycles. The molecule has 1 unspecified atom stereocenters. The topological polar surface area (TPSA) is 53.4 Å². The summed E-state index contributed by atoms with van der Waals surface area (Å²) in [6.07, 6.45) is 8.94. The van der Waals surface area contributed by atoms with Crippen molar-refractivity contribution in [1.82, 2.24) is 4.98 Å². The Kier molecular flexibility index (Phi) is 4.18. The summed E-state index contributed by atoms with van der Waals surface area (Å²) >= 11 is 0. The van der Waals surface area contributed by atoms with E-state index in [0.717, 1.165) is 37.9 Å². The number of carbonyl (C=O) groups is 1. The first-order chi connectivity index (χ1) is 8.74. The maximum Gasteiger partial charge on any atom is 0.339 e. The van der Waals surface area contributed by atoms with Gasteiger partial charge >= 0.3 is 5.97 Å². The van der Waals surface area contributed by atoms with Gasteiger partial charge in [0.1, 0.15) is 5.56 Å². The minimum Gasteiger partial charge on any atom is -0.478 e. The number of aromatic nitrogens is 1. The molecule has 0 aromatic carbocycles. The molecule has 2 heterocycles. The number of carboxylic acid groups (broad SMARTS) is 1. The fraction of sp³-hybridized carbons (Fsp3) is 0.571. The van der Waals surface area contributed by atoms with Gasteiger partial charge in [0, 0.05) is 25.0 Å². The van der Waals surface area contributed by atoms with Crippen molar-refractivity contribution in [3.63, 3.8) is 0 Å². The zero-order valence-electron chi connectivity index (χ0n) is 10.8. The van der Waals surface area contributed by atoms with Crippen molar-refractivity contribution >= 4 is 11.7 Å². The molecule has 0 spiro atoms. The van der Waals surface area contributed by atoms with Gasteiger partial charge in [-0.05, 0) is 31.7 Å². The van der Waals surface area contributed by atoms with Gasteiger partial charge in [-0.3, -0.25) is 4.98 Å². The van der Waals surface area contributed by atoms with Crippen molar-refractivity contribution in [2.24, 2.45) is 0 Å². The van der Waals surface area contributed by atoms with Crippen LogP contribution in [0.25, 0.3) is 0 Å². The lowest BCUT2D eigenvalue weighted by molar-refractivity contribution is 0.0697. The molecule has 1 N–H and O–H groups in total. The summed E-state index contributed by atoms with van der Waals surface area (Å²) in [5.74, 6) is -0.890. The quantitative estimate of drug-likeness (QED) is 0.890. The number of rotatable bonds is 4. The smallest absolute Gasteiger partial charge is 0.339 e. The molecule has 98 valence electrons. The molecule has 1 fully saturated rings. The van der Waals surface area contributed by atoms with E-state index in [1.165, 1.54) is 12.6 Å². The highest BCUT2D eigenvalue weighted by molar-refractivity contribution is 5.94. The van der Waals surface area contributed by atoms with Crippen LogP contribution in [0, 0.1) is 0 Å². The number of nitrogens with zero attached hydrogens (tertiary/aromatic N) is 2. The molecule has 0 saturated carbocycles. The molecule has 0 bridgehead atoms. The first kappa shape index (κ1) is 12.9. The van der Waals surface area contributed by atoms with Gasteiger partial charge in [0.15, 0.2) is 0 Å². The van der Waals surface area contributed by atoms with E-state index in [0.29, 0.717) is 11.6 Å². The normalized spacial score (nSPS) is 19.8. The second-order valence-electron chi connectivity index (χ2n) is 4.83. The number of piperidine rings is 1. The van der Waals surface area contributed by atoms with Crippen molar-refractivity contribution < 1.29 is 9.90 Å². The summed E-state index contributed by atoms with van der Waals surface area (Å²) < 4.78 is 0. The van der Waals surface area contributed by atoms with Crippen LogP contribution < -0.4 is 4.90 Å². The van der Waals surface area contributed by atoms with Crippen molar-refractivity contribution in [3.8, 4) is 0 Å². The number of anilines is 1. The summed E-state index contributed by atoms with van der Waals surface area (Å²) in [5, 5.41) is 9.25. The second-order valence-corrected chi connectivity index (χ2v) is 4.83. The fourth-order valence-corrected chi connectivity index (χ4v) is 2.75. The number of hydrogen-bond acceptors (Lipinski definition) is 3. The Hall–Kier alpha value is -1.58. The van der Waals surface area contributed by atoms with Gasteiger partial charge in [0.2, 0.25) is 0 Å². The molecule has 0 radical (unpaired) electrons. The van der Waals surface area contributed by atoms with Crippen molar-refractivity contribution in [2.75, 3.05) is 11.4 Å². The first-order valence-corrected chi connectivity index (χ1v) is 6.68. The van der Waals surface area contributed by atoms with Crippen LogP contribution in [0.4, 0.5) is 5.69 Å². The van der Waals surface area contributed by atoms with Gasteiger partial charge in [-0.25, -0.2) is 4.79 Å². The van der Waals surface area contributed by atoms with Crippen molar-refractivity contribution in [2.45, 2.75) is 45.1 Å². The lowest BCUT2D eigenvalue weighted by Gasteiger charge is -2.38. The number of carboxylic acids is 1. The predicted octanol–water partition coefficient (Wildman–Crippen LogP) is 2.94. The molecule has 1 aliphatic rings. The third-order valence-corrected chi connectivity index (χ3v) is 3.59. The fourth-order valence-electron chi connectivity index (χ4n) is 2.75. The molecule has 1 aromatic rings. The third-order valence-electron chi connectivity index (χ3n) is 3.59. The molecular formula is C14H20N2O2. The molecule has 2 rings (SSSR count). The number of hydrogen-bond donors (Lipinski definition) is 1. The zero-order valence-corrected chi connectivity index (χ0v) is 10.8. The van der Waals surface area contributed by atoms with Crippen LogP contribution >= 0.6 is 0 Å². The standard InChI is InChI=1S/C14H20N2O2/c1-2-5-11-6-3-4-9-16(11)13-7-8-15-10-12(13)14(17)18/h7-8,10-11H,2-6,9H2,1H3,(H,17,18). The van der Waals surface area contributed by atoms with Crippen LogP contribution in [-0.2, 0) is 0 Å². The Morgan fingerprint density at radius 1 is 1.56 bits per heavy atom.